The van der Waals surface area contributed by atoms with Crippen LogP contribution in [0.25, 0.3) is 11.1 Å². The maximum atomic E-state index is 7.23. The number of oxazole rings is 1. The Labute approximate surface area is 53.5 Å². The number of nitrogens with zero attached hydrogens (tertiary/aromatic N) is 1. The first-order valence-corrected chi connectivity index (χ1v) is 2.66. The molecule has 0 N–H and O–H groups in total. The van der Waals surface area contributed by atoms with E-state index in [0.717, 1.165) is 11.1 Å². The van der Waals surface area contributed by atoms with Gasteiger partial charge < -0.3 is 4.42 Å². The Morgan fingerprint density at radius 2 is 2.56 bits per heavy atom. The zero-order valence-corrected chi connectivity index (χ0v) is 4.66. The normalized spacial score (nSPS) is 11.8. The van der Waals surface area contributed by atoms with Crippen LogP contribution in [0, 0.1) is 0 Å². The van der Waals surface area contributed by atoms with Crippen LogP contribution in [0.15, 0.2) is 35.1 Å². The predicted molar refractivity (Wildman–Crippen MR) is 34.0 cm³/mol. The number of fused-ring (bicyclic) bond motifs is 1. The Bertz CT molecular complexity index is 355. The van der Waals surface area contributed by atoms with Crippen LogP contribution in [-0.4, -0.2) is 4.98 Å². The van der Waals surface area contributed by atoms with Crippen LogP contribution < -0.4 is 0 Å². The second-order valence-electron chi connectivity index (χ2n) is 1.75. The molecule has 0 aliphatic rings. The molecule has 0 bridgehead atoms. The molecule has 2 rings (SSSR count). The van der Waals surface area contributed by atoms with Crippen molar-refractivity contribution in [2.45, 2.75) is 0 Å². The third-order valence-electron chi connectivity index (χ3n) is 1.17. The smallest absolute Gasteiger partial charge is 0.181 e. The molecule has 0 saturated carbocycles. The standard InChI is InChI=1S/C7H5NO/c1-2-4-7-6(3-1)8-5-9-7/h1-5H/i1D. The second kappa shape index (κ2) is 1.58. The first kappa shape index (κ1) is 3.67. The average molecular weight is 120 g/mol. The summed E-state index contributed by atoms with van der Waals surface area (Å²) in [5, 5.41) is 0. The highest BCUT2D eigenvalue weighted by Gasteiger charge is 1.91. The van der Waals surface area contributed by atoms with Crippen molar-refractivity contribution in [3.8, 4) is 0 Å². The lowest BCUT2D eigenvalue weighted by atomic mass is 10.3. The molecule has 0 unspecified atom stereocenters. The van der Waals surface area contributed by atoms with E-state index in [1.807, 2.05) is 0 Å². The molecule has 0 aliphatic carbocycles. The number of para-hydroxylation sites is 2. The van der Waals surface area contributed by atoms with Crippen LogP contribution >= 0.6 is 0 Å². The van der Waals surface area contributed by atoms with Crippen molar-refractivity contribution in [2.75, 3.05) is 0 Å². The van der Waals surface area contributed by atoms with Gasteiger partial charge in [0, 0.05) is 0 Å². The molecule has 0 spiro atoms. The van der Waals surface area contributed by atoms with Gasteiger partial charge in [-0.15, -0.1) is 0 Å². The van der Waals surface area contributed by atoms with Gasteiger partial charge in [-0.25, -0.2) is 4.98 Å². The van der Waals surface area contributed by atoms with E-state index in [1.165, 1.54) is 6.39 Å². The van der Waals surface area contributed by atoms with Crippen LogP contribution in [0.5, 0.6) is 0 Å². The molecule has 0 aliphatic heterocycles. The van der Waals surface area contributed by atoms with E-state index in [1.54, 1.807) is 18.2 Å². The Hall–Kier alpha value is -1.31. The highest BCUT2D eigenvalue weighted by Crippen LogP contribution is 2.09. The molecule has 44 valence electrons. The quantitative estimate of drug-likeness (QED) is 0.530. The van der Waals surface area contributed by atoms with E-state index in [9.17, 15) is 0 Å². The highest BCUT2D eigenvalue weighted by molar-refractivity contribution is 5.71. The third-order valence-corrected chi connectivity index (χ3v) is 1.17. The average Bonchev–Trinajstić information content (AvgIpc) is 2.33. The van der Waals surface area contributed by atoms with Gasteiger partial charge in [0.15, 0.2) is 12.0 Å². The van der Waals surface area contributed by atoms with E-state index in [4.69, 9.17) is 5.79 Å². The maximum Gasteiger partial charge on any atom is 0.181 e. The molecule has 2 nitrogen and oxygen atoms in total. The van der Waals surface area contributed by atoms with Gasteiger partial charge in [0.25, 0.3) is 0 Å². The van der Waals surface area contributed by atoms with Crippen LogP contribution in [0.2, 0.25) is 0 Å². The van der Waals surface area contributed by atoms with Crippen molar-refractivity contribution < 1.29 is 5.79 Å². The zero-order chi connectivity index (χ0) is 6.97. The first-order chi connectivity index (χ1) is 4.86. The van der Waals surface area contributed by atoms with E-state index in [0.29, 0.717) is 6.04 Å². The topological polar surface area (TPSA) is 26.0 Å². The highest BCUT2D eigenvalue weighted by atomic mass is 16.3. The lowest BCUT2D eigenvalue weighted by Gasteiger charge is -1.79. The monoisotopic (exact) mass is 120 g/mol. The number of benzene rings is 1. The summed E-state index contributed by atoms with van der Waals surface area (Å²) < 4.78 is 12.2. The largest absolute Gasteiger partial charge is 0.443 e. The fourth-order valence-corrected chi connectivity index (χ4v) is 0.748. The van der Waals surface area contributed by atoms with Crippen LogP contribution in [0.4, 0.5) is 0 Å². The summed E-state index contributed by atoms with van der Waals surface area (Å²) in [6, 6.07) is 5.54. The van der Waals surface area contributed by atoms with Gasteiger partial charge >= 0.3 is 0 Å². The van der Waals surface area contributed by atoms with E-state index < -0.39 is 0 Å². The molecule has 0 saturated heterocycles. The SMILES string of the molecule is [2H]c1ccc2ocnc2c1. The van der Waals surface area contributed by atoms with Crippen molar-refractivity contribution in [1.82, 2.24) is 4.98 Å². The number of hydrogen-bond acceptors (Lipinski definition) is 2. The Balaban J connectivity index is 2.86. The molecule has 1 aromatic heterocycles. The first-order valence-electron chi connectivity index (χ1n) is 3.16. The van der Waals surface area contributed by atoms with Crippen LogP contribution in [0.3, 0.4) is 0 Å². The summed E-state index contributed by atoms with van der Waals surface area (Å²) in [4.78, 5) is 3.89. The lowest BCUT2D eigenvalue weighted by Crippen LogP contribution is -1.61. The maximum absolute atomic E-state index is 7.23. The van der Waals surface area contributed by atoms with Crippen molar-refractivity contribution in [3.05, 3.63) is 30.6 Å². The zero-order valence-electron chi connectivity index (χ0n) is 5.66. The number of hydrogen-bond donors (Lipinski definition) is 0. The fraction of sp³-hybridized carbons (Fsp3) is 0. The minimum absolute atomic E-state index is 0.460. The summed E-state index contributed by atoms with van der Waals surface area (Å²) in [6.45, 7) is 0. The number of aromatic nitrogens is 1. The summed E-state index contributed by atoms with van der Waals surface area (Å²) in [5.41, 5.74) is 1.48. The van der Waals surface area contributed by atoms with E-state index in [2.05, 4.69) is 4.98 Å². The minimum Gasteiger partial charge on any atom is -0.443 e. The number of rotatable bonds is 0. The summed E-state index contributed by atoms with van der Waals surface area (Å²) >= 11 is 0. The predicted octanol–water partition coefficient (Wildman–Crippen LogP) is 1.83. The Kier molecular flexibility index (Phi) is 0.646. The molecule has 0 radical (unpaired) electrons. The molecule has 2 heteroatoms. The molecule has 2 aromatic rings. The van der Waals surface area contributed by atoms with Crippen molar-refractivity contribution in [3.63, 3.8) is 0 Å². The fourth-order valence-electron chi connectivity index (χ4n) is 0.748. The summed E-state index contributed by atoms with van der Waals surface area (Å²) in [7, 11) is 0. The Morgan fingerprint density at radius 3 is 3.56 bits per heavy atom. The molecule has 0 amide bonds. The van der Waals surface area contributed by atoms with Gasteiger partial charge in [-0.3, -0.25) is 0 Å². The van der Waals surface area contributed by atoms with Gasteiger partial charge in [-0.1, -0.05) is 12.1 Å². The second-order valence-corrected chi connectivity index (χ2v) is 1.75. The Morgan fingerprint density at radius 1 is 1.56 bits per heavy atom. The summed E-state index contributed by atoms with van der Waals surface area (Å²) in [6.07, 6.45) is 1.38. The molecular formula is C7H5NO. The molecule has 0 atom stereocenters. The molecule has 0 fully saturated rings. The van der Waals surface area contributed by atoms with Crippen molar-refractivity contribution in [1.29, 1.82) is 0 Å². The van der Waals surface area contributed by atoms with Crippen LogP contribution in [-0.2, 0) is 0 Å². The molecular weight excluding hydrogens is 114 g/mol. The van der Waals surface area contributed by atoms with Gasteiger partial charge in [0.05, 0.1) is 1.37 Å². The minimum atomic E-state index is 0.460. The van der Waals surface area contributed by atoms with Crippen molar-refractivity contribution >= 4 is 11.1 Å². The van der Waals surface area contributed by atoms with Gasteiger partial charge in [-0.2, -0.15) is 0 Å². The molecule has 1 aromatic carbocycles. The summed E-state index contributed by atoms with van der Waals surface area (Å²) in [5.74, 6) is 0. The van der Waals surface area contributed by atoms with Crippen molar-refractivity contribution in [2.24, 2.45) is 0 Å². The van der Waals surface area contributed by atoms with Gasteiger partial charge in [-0.05, 0) is 12.1 Å². The van der Waals surface area contributed by atoms with Crippen LogP contribution in [0.1, 0.15) is 1.37 Å². The molecule has 9 heavy (non-hydrogen) atoms. The third kappa shape index (κ3) is 0.598. The van der Waals surface area contributed by atoms with E-state index in [-0.39, 0.29) is 0 Å². The van der Waals surface area contributed by atoms with Gasteiger partial charge in [0.2, 0.25) is 0 Å². The van der Waals surface area contributed by atoms with Gasteiger partial charge in [0.1, 0.15) is 5.52 Å². The molecule has 1 heterocycles. The van der Waals surface area contributed by atoms with E-state index >= 15 is 0 Å². The lowest BCUT2D eigenvalue weighted by molar-refractivity contribution is 0.602.